The zero-order chi connectivity index (χ0) is 13.9. The molecule has 0 aliphatic carbocycles. The Balaban J connectivity index is 1.96. The van der Waals surface area contributed by atoms with Gasteiger partial charge in [0.1, 0.15) is 0 Å². The van der Waals surface area contributed by atoms with E-state index in [1.807, 2.05) is 37.3 Å². The number of ether oxygens (including phenoxy) is 1. The summed E-state index contributed by atoms with van der Waals surface area (Å²) in [5, 5.41) is 0. The molecule has 0 spiro atoms. The standard InChI is InChI=1S/C16H11NO3/c1-9-6-7-13-12(8-9)16(19)20-15-11-5-3-2-4-10(11)14(18)17(13)15/h2-8,15H,1H3. The molecule has 2 aromatic carbocycles. The van der Waals surface area contributed by atoms with Crippen molar-refractivity contribution in [1.82, 2.24) is 0 Å². The number of amides is 1. The molecule has 2 aromatic rings. The molecule has 0 fully saturated rings. The largest absolute Gasteiger partial charge is 0.433 e. The number of carbonyl (C=O) groups excluding carboxylic acids is 2. The van der Waals surface area contributed by atoms with Gasteiger partial charge in [0, 0.05) is 11.1 Å². The molecule has 4 rings (SSSR count). The van der Waals surface area contributed by atoms with Crippen molar-refractivity contribution in [2.75, 3.05) is 4.90 Å². The first kappa shape index (κ1) is 11.2. The molecule has 0 saturated carbocycles. The molecule has 1 amide bonds. The molecule has 2 aliphatic heterocycles. The van der Waals surface area contributed by atoms with Gasteiger partial charge in [-0.25, -0.2) is 4.79 Å². The van der Waals surface area contributed by atoms with Gasteiger partial charge in [-0.05, 0) is 25.1 Å². The van der Waals surface area contributed by atoms with Gasteiger partial charge in [-0.1, -0.05) is 29.8 Å². The minimum absolute atomic E-state index is 0.122. The second kappa shape index (κ2) is 3.70. The van der Waals surface area contributed by atoms with Crippen molar-refractivity contribution in [2.45, 2.75) is 13.2 Å². The maximum absolute atomic E-state index is 12.5. The summed E-state index contributed by atoms with van der Waals surface area (Å²) in [6, 6.07) is 12.7. The summed E-state index contributed by atoms with van der Waals surface area (Å²) < 4.78 is 5.45. The van der Waals surface area contributed by atoms with E-state index in [0.29, 0.717) is 16.8 Å². The minimum atomic E-state index is -0.638. The first-order chi connectivity index (χ1) is 9.66. The van der Waals surface area contributed by atoms with Crippen LogP contribution in [0.25, 0.3) is 0 Å². The number of esters is 1. The van der Waals surface area contributed by atoms with Crippen LogP contribution in [0.5, 0.6) is 0 Å². The number of hydrogen-bond acceptors (Lipinski definition) is 3. The number of carbonyl (C=O) groups is 2. The number of fused-ring (bicyclic) bond motifs is 5. The smallest absolute Gasteiger partial charge is 0.342 e. The van der Waals surface area contributed by atoms with Crippen LogP contribution in [0.3, 0.4) is 0 Å². The summed E-state index contributed by atoms with van der Waals surface area (Å²) in [5.74, 6) is -0.502. The van der Waals surface area contributed by atoms with E-state index in [2.05, 4.69) is 0 Å². The highest BCUT2D eigenvalue weighted by atomic mass is 16.6. The van der Waals surface area contributed by atoms with E-state index < -0.39 is 6.23 Å². The zero-order valence-corrected chi connectivity index (χ0v) is 10.8. The van der Waals surface area contributed by atoms with Gasteiger partial charge in [-0.2, -0.15) is 0 Å². The fourth-order valence-corrected chi connectivity index (χ4v) is 2.82. The zero-order valence-electron chi connectivity index (χ0n) is 10.8. The molecule has 4 heteroatoms. The van der Waals surface area contributed by atoms with Crippen LogP contribution < -0.4 is 4.90 Å². The van der Waals surface area contributed by atoms with Crippen LogP contribution in [0.2, 0.25) is 0 Å². The van der Waals surface area contributed by atoms with E-state index in [1.54, 1.807) is 17.0 Å². The molecule has 0 radical (unpaired) electrons. The lowest BCUT2D eigenvalue weighted by atomic mass is 10.1. The van der Waals surface area contributed by atoms with Crippen molar-refractivity contribution in [3.05, 3.63) is 64.7 Å². The lowest BCUT2D eigenvalue weighted by molar-refractivity contribution is 0.0273. The predicted octanol–water partition coefficient (Wildman–Crippen LogP) is 2.82. The Bertz CT molecular complexity index is 766. The highest BCUT2D eigenvalue weighted by molar-refractivity contribution is 6.15. The monoisotopic (exact) mass is 265 g/mol. The SMILES string of the molecule is Cc1ccc2c(c1)C(=O)OC1c3ccccc3C(=O)N21. The number of benzene rings is 2. The van der Waals surface area contributed by atoms with E-state index in [1.165, 1.54) is 0 Å². The minimum Gasteiger partial charge on any atom is -0.433 e. The summed E-state index contributed by atoms with van der Waals surface area (Å²) >= 11 is 0. The Labute approximate surface area is 115 Å². The molecular formula is C16H11NO3. The molecule has 1 unspecified atom stereocenters. The van der Waals surface area contributed by atoms with Crippen LogP contribution in [-0.2, 0) is 4.74 Å². The third kappa shape index (κ3) is 1.30. The normalized spacial score (nSPS) is 19.2. The van der Waals surface area contributed by atoms with Gasteiger partial charge in [0.05, 0.1) is 11.3 Å². The molecule has 0 bridgehead atoms. The highest BCUT2D eigenvalue weighted by Crippen LogP contribution is 2.43. The van der Waals surface area contributed by atoms with Crippen LogP contribution in [0.4, 0.5) is 5.69 Å². The number of rotatable bonds is 0. The van der Waals surface area contributed by atoms with Crippen LogP contribution in [0, 0.1) is 6.92 Å². The highest BCUT2D eigenvalue weighted by Gasteiger charge is 2.44. The second-order valence-corrected chi connectivity index (χ2v) is 5.04. The average Bonchev–Trinajstić information content (AvgIpc) is 2.73. The van der Waals surface area contributed by atoms with Crippen LogP contribution in [0.1, 0.15) is 38.1 Å². The van der Waals surface area contributed by atoms with Crippen molar-refractivity contribution in [3.8, 4) is 0 Å². The van der Waals surface area contributed by atoms with Crippen LogP contribution >= 0.6 is 0 Å². The molecule has 2 aliphatic rings. The number of hydrogen-bond donors (Lipinski definition) is 0. The maximum Gasteiger partial charge on any atom is 0.342 e. The molecule has 0 saturated heterocycles. The van der Waals surface area contributed by atoms with E-state index in [-0.39, 0.29) is 11.9 Å². The van der Waals surface area contributed by atoms with Crippen molar-refractivity contribution >= 4 is 17.6 Å². The molecule has 0 N–H and O–H groups in total. The van der Waals surface area contributed by atoms with Gasteiger partial charge in [0.25, 0.3) is 5.91 Å². The van der Waals surface area contributed by atoms with E-state index in [4.69, 9.17) is 4.74 Å². The first-order valence-corrected chi connectivity index (χ1v) is 6.41. The van der Waals surface area contributed by atoms with Gasteiger partial charge in [-0.15, -0.1) is 0 Å². The number of anilines is 1. The quantitative estimate of drug-likeness (QED) is 0.688. The van der Waals surface area contributed by atoms with Gasteiger partial charge < -0.3 is 4.74 Å². The predicted molar refractivity (Wildman–Crippen MR) is 72.6 cm³/mol. The Kier molecular flexibility index (Phi) is 2.07. The summed E-state index contributed by atoms with van der Waals surface area (Å²) in [4.78, 5) is 26.2. The van der Waals surface area contributed by atoms with E-state index >= 15 is 0 Å². The maximum atomic E-state index is 12.5. The van der Waals surface area contributed by atoms with Crippen LogP contribution in [0.15, 0.2) is 42.5 Å². The average molecular weight is 265 g/mol. The summed E-state index contributed by atoms with van der Waals surface area (Å²) in [5.41, 5.74) is 3.37. The van der Waals surface area contributed by atoms with Gasteiger partial charge in [-0.3, -0.25) is 9.69 Å². The fourth-order valence-electron chi connectivity index (χ4n) is 2.82. The van der Waals surface area contributed by atoms with Gasteiger partial charge in [0.15, 0.2) is 0 Å². The van der Waals surface area contributed by atoms with Crippen molar-refractivity contribution in [3.63, 3.8) is 0 Å². The molecule has 98 valence electrons. The first-order valence-electron chi connectivity index (χ1n) is 6.41. The Morgan fingerprint density at radius 1 is 1.05 bits per heavy atom. The van der Waals surface area contributed by atoms with E-state index in [9.17, 15) is 9.59 Å². The van der Waals surface area contributed by atoms with E-state index in [0.717, 1.165) is 11.1 Å². The number of aryl methyl sites for hydroxylation is 1. The molecular weight excluding hydrogens is 254 g/mol. The van der Waals surface area contributed by atoms with Crippen molar-refractivity contribution < 1.29 is 14.3 Å². The Hall–Kier alpha value is -2.62. The second-order valence-electron chi connectivity index (χ2n) is 5.04. The Morgan fingerprint density at radius 2 is 1.85 bits per heavy atom. The van der Waals surface area contributed by atoms with Gasteiger partial charge >= 0.3 is 5.97 Å². The van der Waals surface area contributed by atoms with Gasteiger partial charge in [0.2, 0.25) is 6.23 Å². The summed E-state index contributed by atoms with van der Waals surface area (Å²) in [6.45, 7) is 1.90. The third-order valence-corrected chi connectivity index (χ3v) is 3.76. The van der Waals surface area contributed by atoms with Crippen molar-refractivity contribution in [1.29, 1.82) is 0 Å². The van der Waals surface area contributed by atoms with Crippen LogP contribution in [-0.4, -0.2) is 11.9 Å². The third-order valence-electron chi connectivity index (χ3n) is 3.76. The Morgan fingerprint density at radius 3 is 2.70 bits per heavy atom. The molecule has 20 heavy (non-hydrogen) atoms. The summed E-state index contributed by atoms with van der Waals surface area (Å²) in [6.07, 6.45) is -0.638. The molecule has 0 aromatic heterocycles. The number of nitrogens with zero attached hydrogens (tertiary/aromatic N) is 1. The molecule has 1 atom stereocenters. The lowest BCUT2D eigenvalue weighted by Crippen LogP contribution is -2.36. The molecule has 4 nitrogen and oxygen atoms in total. The van der Waals surface area contributed by atoms with Crippen molar-refractivity contribution in [2.24, 2.45) is 0 Å². The molecule has 2 heterocycles. The summed E-state index contributed by atoms with van der Waals surface area (Å²) in [7, 11) is 0. The topological polar surface area (TPSA) is 46.6 Å². The lowest BCUT2D eigenvalue weighted by Gasteiger charge is -2.31. The fraction of sp³-hybridized carbons (Fsp3) is 0.125.